The smallest absolute Gasteiger partial charge is 0.237 e. The summed E-state index contributed by atoms with van der Waals surface area (Å²) >= 11 is 0. The molecule has 3 aromatic rings. The van der Waals surface area contributed by atoms with E-state index in [0.29, 0.717) is 25.8 Å². The number of carbonyl (C=O) groups excluding carboxylic acids is 2. The SMILES string of the molecule is NCCC[C@H](N)C(=O)N[C@H](CC(=O)Nc1ccc2ccccc2c1)Cc1ccccc1. The first-order valence-electron chi connectivity index (χ1n) is 10.6. The average molecular weight is 419 g/mol. The summed E-state index contributed by atoms with van der Waals surface area (Å²) in [6.07, 6.45) is 1.89. The molecule has 3 rings (SSSR count). The summed E-state index contributed by atoms with van der Waals surface area (Å²) in [7, 11) is 0. The Balaban J connectivity index is 1.66. The topological polar surface area (TPSA) is 110 Å². The second-order valence-electron chi connectivity index (χ2n) is 7.75. The lowest BCUT2D eigenvalue weighted by atomic mass is 10.0. The van der Waals surface area contributed by atoms with Gasteiger partial charge in [-0.25, -0.2) is 0 Å². The molecular weight excluding hydrogens is 388 g/mol. The lowest BCUT2D eigenvalue weighted by Crippen LogP contribution is -2.47. The van der Waals surface area contributed by atoms with Crippen LogP contribution in [0.15, 0.2) is 72.8 Å². The van der Waals surface area contributed by atoms with E-state index < -0.39 is 6.04 Å². The molecule has 0 spiro atoms. The summed E-state index contributed by atoms with van der Waals surface area (Å²) in [5.41, 5.74) is 13.3. The summed E-state index contributed by atoms with van der Waals surface area (Å²) in [5.74, 6) is -0.417. The molecule has 3 aromatic carbocycles. The van der Waals surface area contributed by atoms with Gasteiger partial charge in [-0.1, -0.05) is 60.7 Å². The van der Waals surface area contributed by atoms with Gasteiger partial charge in [-0.3, -0.25) is 9.59 Å². The molecule has 0 saturated carbocycles. The maximum Gasteiger partial charge on any atom is 0.237 e. The number of carbonyl (C=O) groups is 2. The van der Waals surface area contributed by atoms with Crippen LogP contribution in [-0.2, 0) is 16.0 Å². The monoisotopic (exact) mass is 418 g/mol. The van der Waals surface area contributed by atoms with Gasteiger partial charge in [0.2, 0.25) is 11.8 Å². The van der Waals surface area contributed by atoms with Gasteiger partial charge in [-0.15, -0.1) is 0 Å². The number of hydrogen-bond donors (Lipinski definition) is 4. The fraction of sp³-hybridized carbons (Fsp3) is 0.280. The predicted molar refractivity (Wildman–Crippen MR) is 126 cm³/mol. The minimum Gasteiger partial charge on any atom is -0.351 e. The van der Waals surface area contributed by atoms with Crippen LogP contribution in [-0.4, -0.2) is 30.4 Å². The second-order valence-corrected chi connectivity index (χ2v) is 7.75. The van der Waals surface area contributed by atoms with Crippen molar-refractivity contribution in [3.05, 3.63) is 78.4 Å². The molecule has 0 unspecified atom stereocenters. The number of nitrogens with two attached hydrogens (primary N) is 2. The highest BCUT2D eigenvalue weighted by Gasteiger charge is 2.21. The second kappa shape index (κ2) is 11.2. The Morgan fingerprint density at radius 2 is 1.61 bits per heavy atom. The van der Waals surface area contributed by atoms with Crippen molar-refractivity contribution in [2.45, 2.75) is 37.8 Å². The Morgan fingerprint density at radius 3 is 2.35 bits per heavy atom. The van der Waals surface area contributed by atoms with E-state index >= 15 is 0 Å². The molecule has 0 radical (unpaired) electrons. The molecule has 31 heavy (non-hydrogen) atoms. The molecular formula is C25H30N4O2. The van der Waals surface area contributed by atoms with E-state index in [9.17, 15) is 9.59 Å². The number of benzene rings is 3. The highest BCUT2D eigenvalue weighted by atomic mass is 16.2. The molecule has 0 aromatic heterocycles. The third-order valence-electron chi connectivity index (χ3n) is 5.19. The Morgan fingerprint density at radius 1 is 0.903 bits per heavy atom. The van der Waals surface area contributed by atoms with Crippen molar-refractivity contribution >= 4 is 28.3 Å². The van der Waals surface area contributed by atoms with E-state index in [-0.39, 0.29) is 24.3 Å². The number of hydrogen-bond acceptors (Lipinski definition) is 4. The lowest BCUT2D eigenvalue weighted by Gasteiger charge is -2.21. The largest absolute Gasteiger partial charge is 0.351 e. The zero-order valence-corrected chi connectivity index (χ0v) is 17.6. The molecule has 162 valence electrons. The van der Waals surface area contributed by atoms with Gasteiger partial charge in [0.05, 0.1) is 6.04 Å². The summed E-state index contributed by atoms with van der Waals surface area (Å²) in [6.45, 7) is 0.489. The summed E-state index contributed by atoms with van der Waals surface area (Å²) in [5, 5.41) is 8.07. The molecule has 6 heteroatoms. The van der Waals surface area contributed by atoms with Gasteiger partial charge in [-0.2, -0.15) is 0 Å². The normalized spacial score (nSPS) is 12.8. The van der Waals surface area contributed by atoms with Crippen molar-refractivity contribution in [3.63, 3.8) is 0 Å². The van der Waals surface area contributed by atoms with Crippen molar-refractivity contribution < 1.29 is 9.59 Å². The number of amides is 2. The van der Waals surface area contributed by atoms with E-state index in [1.165, 1.54) is 0 Å². The quantitative estimate of drug-likeness (QED) is 0.406. The van der Waals surface area contributed by atoms with Crippen LogP contribution in [0, 0.1) is 0 Å². The molecule has 0 aliphatic rings. The fourth-order valence-electron chi connectivity index (χ4n) is 3.55. The molecule has 0 aliphatic carbocycles. The zero-order chi connectivity index (χ0) is 22.1. The molecule has 0 bridgehead atoms. The molecule has 6 nitrogen and oxygen atoms in total. The third kappa shape index (κ3) is 6.91. The first kappa shape index (κ1) is 22.5. The third-order valence-corrected chi connectivity index (χ3v) is 5.19. The van der Waals surface area contributed by atoms with Crippen LogP contribution >= 0.6 is 0 Å². The zero-order valence-electron chi connectivity index (χ0n) is 17.6. The van der Waals surface area contributed by atoms with Crippen LogP contribution in [0.1, 0.15) is 24.8 Å². The van der Waals surface area contributed by atoms with Gasteiger partial charge in [-0.05, 0) is 54.3 Å². The molecule has 2 amide bonds. The number of rotatable bonds is 10. The molecule has 0 fully saturated rings. The first-order valence-corrected chi connectivity index (χ1v) is 10.6. The Kier molecular flexibility index (Phi) is 8.15. The minimum atomic E-state index is -0.634. The van der Waals surface area contributed by atoms with Gasteiger partial charge in [0.25, 0.3) is 0 Å². The van der Waals surface area contributed by atoms with E-state index in [4.69, 9.17) is 11.5 Å². The number of nitrogens with one attached hydrogen (secondary N) is 2. The molecule has 0 aliphatic heterocycles. The van der Waals surface area contributed by atoms with E-state index in [2.05, 4.69) is 10.6 Å². The van der Waals surface area contributed by atoms with Crippen LogP contribution in [0.3, 0.4) is 0 Å². The van der Waals surface area contributed by atoms with Gasteiger partial charge in [0.1, 0.15) is 0 Å². The fourth-order valence-corrected chi connectivity index (χ4v) is 3.55. The molecule has 0 saturated heterocycles. The highest BCUT2D eigenvalue weighted by Crippen LogP contribution is 2.19. The highest BCUT2D eigenvalue weighted by molar-refractivity contribution is 5.95. The predicted octanol–water partition coefficient (Wildman–Crippen LogP) is 2.96. The van der Waals surface area contributed by atoms with Crippen molar-refractivity contribution in [1.82, 2.24) is 5.32 Å². The van der Waals surface area contributed by atoms with Crippen LogP contribution in [0.2, 0.25) is 0 Å². The van der Waals surface area contributed by atoms with Crippen LogP contribution < -0.4 is 22.1 Å². The lowest BCUT2D eigenvalue weighted by molar-refractivity contribution is -0.123. The Hall–Kier alpha value is -3.22. The molecule has 2 atom stereocenters. The number of anilines is 1. The average Bonchev–Trinajstić information content (AvgIpc) is 2.77. The van der Waals surface area contributed by atoms with Crippen molar-refractivity contribution in [1.29, 1.82) is 0 Å². The Bertz CT molecular complexity index is 1010. The van der Waals surface area contributed by atoms with Gasteiger partial charge in [0, 0.05) is 18.2 Å². The van der Waals surface area contributed by atoms with Gasteiger partial charge < -0.3 is 22.1 Å². The van der Waals surface area contributed by atoms with Crippen molar-refractivity contribution in [3.8, 4) is 0 Å². The van der Waals surface area contributed by atoms with E-state index in [0.717, 1.165) is 22.0 Å². The van der Waals surface area contributed by atoms with Crippen LogP contribution in [0.25, 0.3) is 10.8 Å². The summed E-state index contributed by atoms with van der Waals surface area (Å²) in [6, 6.07) is 22.6. The summed E-state index contributed by atoms with van der Waals surface area (Å²) < 4.78 is 0. The molecule has 0 heterocycles. The molecule has 6 N–H and O–H groups in total. The maximum absolute atomic E-state index is 12.8. The van der Waals surface area contributed by atoms with Crippen molar-refractivity contribution in [2.75, 3.05) is 11.9 Å². The number of fused-ring (bicyclic) bond motifs is 1. The van der Waals surface area contributed by atoms with Crippen LogP contribution in [0.5, 0.6) is 0 Å². The standard InChI is InChI=1S/C25H30N4O2/c26-14-6-11-23(27)25(31)29-22(15-18-7-2-1-3-8-18)17-24(30)28-21-13-12-19-9-4-5-10-20(19)16-21/h1-5,7-10,12-13,16,22-23H,6,11,14-15,17,26-27H2,(H,28,30)(H,29,31)/t22-,23-/m0/s1. The van der Waals surface area contributed by atoms with Gasteiger partial charge >= 0.3 is 0 Å². The van der Waals surface area contributed by atoms with Crippen LogP contribution in [0.4, 0.5) is 5.69 Å². The van der Waals surface area contributed by atoms with Crippen molar-refractivity contribution in [2.24, 2.45) is 11.5 Å². The maximum atomic E-state index is 12.8. The van der Waals surface area contributed by atoms with Gasteiger partial charge in [0.15, 0.2) is 0 Å². The minimum absolute atomic E-state index is 0.150. The van der Waals surface area contributed by atoms with E-state index in [1.807, 2.05) is 72.8 Å². The first-order chi connectivity index (χ1) is 15.0. The Labute approximate surface area is 183 Å². The summed E-state index contributed by atoms with van der Waals surface area (Å²) in [4.78, 5) is 25.3. The van der Waals surface area contributed by atoms with E-state index in [1.54, 1.807) is 0 Å².